The number of halogens is 3. The van der Waals surface area contributed by atoms with Crippen molar-refractivity contribution in [3.8, 4) is 16.9 Å². The van der Waals surface area contributed by atoms with Crippen molar-refractivity contribution < 1.29 is 23.0 Å². The Morgan fingerprint density at radius 2 is 1.85 bits per heavy atom. The Kier molecular flexibility index (Phi) is 3.80. The maximum atomic E-state index is 12.0. The summed E-state index contributed by atoms with van der Waals surface area (Å²) in [5.41, 5.74) is 7.39. The summed E-state index contributed by atoms with van der Waals surface area (Å²) in [5.74, 6) is -0.0854. The molecule has 0 aliphatic heterocycles. The van der Waals surface area contributed by atoms with Gasteiger partial charge in [0.1, 0.15) is 11.6 Å². The Morgan fingerprint density at radius 3 is 2.40 bits per heavy atom. The third kappa shape index (κ3) is 3.39. The van der Waals surface area contributed by atoms with Crippen molar-refractivity contribution >= 4 is 5.82 Å². The summed E-state index contributed by atoms with van der Waals surface area (Å²) in [6.45, 7) is -0.199. The molecule has 0 fully saturated rings. The van der Waals surface area contributed by atoms with E-state index in [4.69, 9.17) is 10.8 Å². The molecule has 0 radical (unpaired) electrons. The van der Waals surface area contributed by atoms with Crippen LogP contribution in [0.15, 0.2) is 36.5 Å². The van der Waals surface area contributed by atoms with Crippen LogP contribution in [-0.4, -0.2) is 16.5 Å². The van der Waals surface area contributed by atoms with Crippen LogP contribution >= 0.6 is 0 Å². The minimum atomic E-state index is -4.72. The lowest BCUT2D eigenvalue weighted by molar-refractivity contribution is -0.274. The van der Waals surface area contributed by atoms with Crippen molar-refractivity contribution in [1.82, 2.24) is 4.98 Å². The standard InChI is InChI=1S/C13H11F3N2O2/c14-13(15,16)20-10-3-1-9(2-4-10)11-5-8(7-19)6-18-12(11)17/h1-6,19H,7H2,(H2,17,18). The number of benzene rings is 1. The molecule has 106 valence electrons. The highest BCUT2D eigenvalue weighted by Gasteiger charge is 2.30. The van der Waals surface area contributed by atoms with Gasteiger partial charge < -0.3 is 15.6 Å². The van der Waals surface area contributed by atoms with Gasteiger partial charge in [0.15, 0.2) is 0 Å². The molecule has 0 aliphatic carbocycles. The van der Waals surface area contributed by atoms with Gasteiger partial charge in [-0.2, -0.15) is 0 Å². The second-order valence-corrected chi connectivity index (χ2v) is 4.01. The molecule has 20 heavy (non-hydrogen) atoms. The average molecular weight is 284 g/mol. The smallest absolute Gasteiger partial charge is 0.406 e. The molecule has 7 heteroatoms. The Hall–Kier alpha value is -2.28. The molecular formula is C13H11F3N2O2. The lowest BCUT2D eigenvalue weighted by Crippen LogP contribution is -2.16. The van der Waals surface area contributed by atoms with Gasteiger partial charge in [0.25, 0.3) is 0 Å². The first-order chi connectivity index (χ1) is 9.39. The molecule has 0 spiro atoms. The quantitative estimate of drug-likeness (QED) is 0.909. The maximum Gasteiger partial charge on any atom is 0.573 e. The monoisotopic (exact) mass is 284 g/mol. The van der Waals surface area contributed by atoms with Crippen LogP contribution in [0.2, 0.25) is 0 Å². The third-order valence-corrected chi connectivity index (χ3v) is 2.56. The molecule has 1 aromatic carbocycles. The summed E-state index contributed by atoms with van der Waals surface area (Å²) in [5, 5.41) is 9.05. The lowest BCUT2D eigenvalue weighted by atomic mass is 10.0. The number of hydrogen-bond donors (Lipinski definition) is 2. The zero-order chi connectivity index (χ0) is 14.8. The maximum absolute atomic E-state index is 12.0. The number of nitrogen functional groups attached to an aromatic ring is 1. The Bertz CT molecular complexity index is 598. The number of nitrogens with two attached hydrogens (primary N) is 1. The summed E-state index contributed by atoms with van der Waals surface area (Å²) < 4.78 is 39.9. The van der Waals surface area contributed by atoms with Gasteiger partial charge in [-0.3, -0.25) is 0 Å². The normalized spacial score (nSPS) is 11.4. The number of aliphatic hydroxyl groups is 1. The molecule has 0 unspecified atom stereocenters. The van der Waals surface area contributed by atoms with Crippen LogP contribution in [0.5, 0.6) is 5.75 Å². The van der Waals surface area contributed by atoms with Crippen LogP contribution in [0.25, 0.3) is 11.1 Å². The Morgan fingerprint density at radius 1 is 1.20 bits per heavy atom. The van der Waals surface area contributed by atoms with E-state index in [1.807, 2.05) is 0 Å². The summed E-state index contributed by atoms with van der Waals surface area (Å²) in [4.78, 5) is 3.91. The topological polar surface area (TPSA) is 68.4 Å². The number of aliphatic hydroxyl groups excluding tert-OH is 1. The fraction of sp³-hybridized carbons (Fsp3) is 0.154. The number of anilines is 1. The number of aromatic nitrogens is 1. The van der Waals surface area contributed by atoms with Crippen molar-refractivity contribution in [2.45, 2.75) is 13.0 Å². The van der Waals surface area contributed by atoms with E-state index < -0.39 is 6.36 Å². The van der Waals surface area contributed by atoms with Crippen molar-refractivity contribution in [1.29, 1.82) is 0 Å². The van der Waals surface area contributed by atoms with E-state index in [0.717, 1.165) is 0 Å². The van der Waals surface area contributed by atoms with Crippen molar-refractivity contribution in [2.75, 3.05) is 5.73 Å². The second-order valence-electron chi connectivity index (χ2n) is 4.01. The minimum absolute atomic E-state index is 0.199. The van der Waals surface area contributed by atoms with E-state index in [1.165, 1.54) is 30.5 Å². The highest BCUT2D eigenvalue weighted by Crippen LogP contribution is 2.29. The summed E-state index contributed by atoms with van der Waals surface area (Å²) >= 11 is 0. The van der Waals surface area contributed by atoms with Gasteiger partial charge in [-0.15, -0.1) is 13.2 Å². The van der Waals surface area contributed by atoms with Gasteiger partial charge in [-0.05, 0) is 29.3 Å². The zero-order valence-corrected chi connectivity index (χ0v) is 10.2. The summed E-state index contributed by atoms with van der Waals surface area (Å²) in [6, 6.07) is 6.88. The molecule has 1 heterocycles. The molecule has 0 atom stereocenters. The molecule has 0 aliphatic rings. The van der Waals surface area contributed by atoms with Crippen molar-refractivity contribution in [3.05, 3.63) is 42.1 Å². The lowest BCUT2D eigenvalue weighted by Gasteiger charge is -2.10. The fourth-order valence-electron chi connectivity index (χ4n) is 1.67. The van der Waals surface area contributed by atoms with E-state index in [2.05, 4.69) is 9.72 Å². The fourth-order valence-corrected chi connectivity index (χ4v) is 1.67. The Labute approximate surface area is 112 Å². The molecule has 3 N–H and O–H groups in total. The second kappa shape index (κ2) is 5.38. The van der Waals surface area contributed by atoms with Gasteiger partial charge in [0.05, 0.1) is 6.61 Å². The van der Waals surface area contributed by atoms with Crippen LogP contribution in [0, 0.1) is 0 Å². The van der Waals surface area contributed by atoms with Crippen LogP contribution in [0.3, 0.4) is 0 Å². The predicted molar refractivity (Wildman–Crippen MR) is 66.7 cm³/mol. The molecule has 0 amide bonds. The molecule has 2 rings (SSSR count). The molecule has 2 aromatic rings. The first-order valence-electron chi connectivity index (χ1n) is 5.60. The van der Waals surface area contributed by atoms with Crippen molar-refractivity contribution in [3.63, 3.8) is 0 Å². The van der Waals surface area contributed by atoms with Gasteiger partial charge in [0.2, 0.25) is 0 Å². The van der Waals surface area contributed by atoms with E-state index in [1.54, 1.807) is 6.07 Å². The van der Waals surface area contributed by atoms with Crippen molar-refractivity contribution in [2.24, 2.45) is 0 Å². The SMILES string of the molecule is Nc1ncc(CO)cc1-c1ccc(OC(F)(F)F)cc1. The predicted octanol–water partition coefficient (Wildman–Crippen LogP) is 2.72. The number of nitrogens with zero attached hydrogens (tertiary/aromatic N) is 1. The van der Waals surface area contributed by atoms with E-state index in [-0.39, 0.29) is 18.2 Å². The molecular weight excluding hydrogens is 273 g/mol. The number of alkyl halides is 3. The first kappa shape index (κ1) is 14.1. The molecule has 4 nitrogen and oxygen atoms in total. The Balaban J connectivity index is 2.30. The number of ether oxygens (including phenoxy) is 1. The zero-order valence-electron chi connectivity index (χ0n) is 10.2. The van der Waals surface area contributed by atoms with Gasteiger partial charge in [-0.1, -0.05) is 12.1 Å². The van der Waals surface area contributed by atoms with E-state index >= 15 is 0 Å². The van der Waals surface area contributed by atoms with Crippen LogP contribution in [0.4, 0.5) is 19.0 Å². The first-order valence-corrected chi connectivity index (χ1v) is 5.60. The summed E-state index contributed by atoms with van der Waals surface area (Å²) in [7, 11) is 0. The minimum Gasteiger partial charge on any atom is -0.406 e. The average Bonchev–Trinajstić information content (AvgIpc) is 2.39. The highest BCUT2D eigenvalue weighted by molar-refractivity contribution is 5.74. The van der Waals surface area contributed by atoms with Gasteiger partial charge in [0, 0.05) is 11.8 Å². The highest BCUT2D eigenvalue weighted by atomic mass is 19.4. The van der Waals surface area contributed by atoms with E-state index in [0.29, 0.717) is 16.7 Å². The largest absolute Gasteiger partial charge is 0.573 e. The number of hydrogen-bond acceptors (Lipinski definition) is 4. The molecule has 0 bridgehead atoms. The van der Waals surface area contributed by atoms with E-state index in [9.17, 15) is 13.2 Å². The van der Waals surface area contributed by atoms with Gasteiger partial charge >= 0.3 is 6.36 Å². The van der Waals surface area contributed by atoms with Crippen LogP contribution in [-0.2, 0) is 6.61 Å². The molecule has 1 aromatic heterocycles. The molecule has 0 saturated carbocycles. The van der Waals surface area contributed by atoms with Crippen LogP contribution in [0.1, 0.15) is 5.56 Å². The van der Waals surface area contributed by atoms with Crippen LogP contribution < -0.4 is 10.5 Å². The number of pyridine rings is 1. The molecule has 0 saturated heterocycles. The number of rotatable bonds is 3. The summed E-state index contributed by atoms with van der Waals surface area (Å²) in [6.07, 6.45) is -3.29. The van der Waals surface area contributed by atoms with Gasteiger partial charge in [-0.25, -0.2) is 4.98 Å². The third-order valence-electron chi connectivity index (χ3n) is 2.56.